The van der Waals surface area contributed by atoms with Gasteiger partial charge in [-0.1, -0.05) is 328 Å². The fourth-order valence-electron chi connectivity index (χ4n) is 15.6. The van der Waals surface area contributed by atoms with Gasteiger partial charge in [-0.25, -0.2) is 4.98 Å². The predicted octanol–water partition coefficient (Wildman–Crippen LogP) is 13.7. The van der Waals surface area contributed by atoms with Crippen LogP contribution in [0.3, 0.4) is 0 Å². The average Bonchev–Trinajstić information content (AvgIpc) is 1.25. The van der Waals surface area contributed by atoms with Crippen LogP contribution in [0.1, 0.15) is 45.2 Å². The van der Waals surface area contributed by atoms with E-state index in [1.807, 2.05) is 0 Å². The minimum atomic E-state index is -3.22. The number of hydrogen-bond acceptors (Lipinski definition) is 3. The summed E-state index contributed by atoms with van der Waals surface area (Å²) in [5.74, 6) is 1.60. The van der Waals surface area contributed by atoms with Crippen LogP contribution in [0.15, 0.2) is 340 Å². The molecule has 2 atom stereocenters. The van der Waals surface area contributed by atoms with Crippen molar-refractivity contribution in [1.82, 2.24) is 19.5 Å². The molecule has 89 heavy (non-hydrogen) atoms. The highest BCUT2D eigenvalue weighted by Crippen LogP contribution is 2.57. The van der Waals surface area contributed by atoms with Crippen molar-refractivity contribution in [2.45, 2.75) is 11.8 Å². The summed E-state index contributed by atoms with van der Waals surface area (Å²) in [4.78, 5) is 17.6. The third-order valence-electron chi connectivity index (χ3n) is 19.2. The van der Waals surface area contributed by atoms with Gasteiger partial charge in [-0.2, -0.15) is 9.97 Å². The summed E-state index contributed by atoms with van der Waals surface area (Å²) in [6.07, 6.45) is 0. The van der Waals surface area contributed by atoms with E-state index in [0.717, 1.165) is 32.9 Å². The van der Waals surface area contributed by atoms with Gasteiger partial charge < -0.3 is 0 Å². The van der Waals surface area contributed by atoms with Crippen LogP contribution < -0.4 is 41.5 Å². The van der Waals surface area contributed by atoms with Gasteiger partial charge in [0.05, 0.1) is 11.0 Å². The maximum absolute atomic E-state index is 5.95. The van der Waals surface area contributed by atoms with Crippen molar-refractivity contribution < 1.29 is 0 Å². The molecule has 3 aliphatic carbocycles. The van der Waals surface area contributed by atoms with Crippen molar-refractivity contribution in [2.24, 2.45) is 0 Å². The lowest BCUT2D eigenvalue weighted by molar-refractivity contribution is 0.758. The molecule has 0 saturated carbocycles. The highest BCUT2D eigenvalue weighted by atomic mass is 28.3. The Morgan fingerprint density at radius 2 is 0.629 bits per heavy atom. The molecule has 0 fully saturated rings. The van der Waals surface area contributed by atoms with E-state index in [9.17, 15) is 0 Å². The van der Waals surface area contributed by atoms with Gasteiger partial charge in [-0.15, -0.1) is 0 Å². The Morgan fingerprint density at radius 3 is 1.19 bits per heavy atom. The zero-order chi connectivity index (χ0) is 58.9. The number of hydrogen-bond donors (Lipinski definition) is 0. The monoisotopic (exact) mass is 1170 g/mol. The Morgan fingerprint density at radius 1 is 0.258 bits per heavy atom. The molecule has 6 heteroatoms. The molecule has 0 N–H and O–H groups in total. The number of rotatable bonds is 12. The van der Waals surface area contributed by atoms with Crippen LogP contribution in [0.2, 0.25) is 0 Å². The van der Waals surface area contributed by atoms with Gasteiger partial charge in [-0.3, -0.25) is 4.57 Å². The zero-order valence-corrected chi connectivity index (χ0v) is 50.8. The maximum atomic E-state index is 5.95. The van der Waals surface area contributed by atoms with Gasteiger partial charge >= 0.3 is 0 Å². The second kappa shape index (κ2) is 21.5. The lowest BCUT2D eigenvalue weighted by Gasteiger charge is -2.46. The van der Waals surface area contributed by atoms with E-state index in [2.05, 4.69) is 344 Å². The molecule has 4 nitrogen and oxygen atoms in total. The third-order valence-corrected chi connectivity index (χ3v) is 28.8. The smallest absolute Gasteiger partial charge is 0.238 e. The summed E-state index contributed by atoms with van der Waals surface area (Å²) < 4.78 is 2.27. The minimum absolute atomic E-state index is 0.0527. The van der Waals surface area contributed by atoms with Crippen molar-refractivity contribution in [1.29, 1.82) is 0 Å². The molecule has 0 aliphatic heterocycles. The van der Waals surface area contributed by atoms with Gasteiger partial charge in [0.1, 0.15) is 0 Å². The predicted molar refractivity (Wildman–Crippen MR) is 372 cm³/mol. The number of nitrogens with zero attached hydrogens (tertiary/aromatic N) is 4. The first kappa shape index (κ1) is 52.4. The molecule has 13 aromatic carbocycles. The molecule has 0 amide bonds. The van der Waals surface area contributed by atoms with Crippen molar-refractivity contribution in [3.63, 3.8) is 0 Å². The lowest BCUT2D eigenvalue weighted by atomic mass is 9.60. The van der Waals surface area contributed by atoms with E-state index in [4.69, 9.17) is 15.0 Å². The van der Waals surface area contributed by atoms with Crippen LogP contribution in [-0.4, -0.2) is 35.7 Å². The largest absolute Gasteiger partial charge is 0.278 e. The van der Waals surface area contributed by atoms with Crippen LogP contribution in [-0.2, 0) is 0 Å². The summed E-state index contributed by atoms with van der Waals surface area (Å²) in [5.41, 5.74) is 14.4. The van der Waals surface area contributed by atoms with E-state index in [0.29, 0.717) is 17.6 Å². The molecule has 18 rings (SSSR count). The van der Waals surface area contributed by atoms with Crippen molar-refractivity contribution in [2.75, 3.05) is 0 Å². The molecule has 0 spiro atoms. The van der Waals surface area contributed by atoms with Crippen LogP contribution in [0.5, 0.6) is 0 Å². The molecule has 0 saturated heterocycles. The fraction of sp³-hybridized carbons (Fsp3) is 0.0241. The van der Waals surface area contributed by atoms with E-state index in [1.165, 1.54) is 86.0 Å². The van der Waals surface area contributed by atoms with Crippen molar-refractivity contribution >= 4 is 79.4 Å². The van der Waals surface area contributed by atoms with Gasteiger partial charge in [-0.05, 0) is 98.1 Å². The molecule has 2 heterocycles. The standard InChI is InChI=1S/C83H58N4Si2/c1-7-30-57(31-8-1)58-32-27-43-64(56-58)89(62-39-15-5-16-40-62,63-41-17-6-18-42-63)76-55-29-50-71-77-67-46-19-20-47-68(67)80(79(71)76)78-70(77)49-28-51-72(78)82-84-81(85-83(86-82)87-73-52-24-21-44-65(73)66-45-22-25-53-74(66)87)69-48-23-26-54-75(69)88(59-33-9-2-10-34-59,60-35-11-3-12-36-60)61-37-13-4-14-38-61/h1-56,77,80H. The average molecular weight is 1170 g/mol. The van der Waals surface area contributed by atoms with E-state index >= 15 is 0 Å². The van der Waals surface area contributed by atoms with E-state index in [1.54, 1.807) is 0 Å². The van der Waals surface area contributed by atoms with E-state index < -0.39 is 16.1 Å². The van der Waals surface area contributed by atoms with Gasteiger partial charge in [0, 0.05) is 33.7 Å². The summed E-state index contributed by atoms with van der Waals surface area (Å²) in [7, 11) is -6.36. The number of fused-ring (bicyclic) bond motifs is 3. The molecular formula is C83H58N4Si2. The van der Waals surface area contributed by atoms with Crippen LogP contribution in [0, 0.1) is 0 Å². The normalized spacial score (nSPS) is 14.1. The first-order valence-electron chi connectivity index (χ1n) is 30.8. The lowest BCUT2D eigenvalue weighted by Crippen LogP contribution is -2.75. The molecular weight excluding hydrogens is 1110 g/mol. The summed E-state index contributed by atoms with van der Waals surface area (Å²) in [6, 6.07) is 126. The zero-order valence-electron chi connectivity index (χ0n) is 48.8. The van der Waals surface area contributed by atoms with Gasteiger partial charge in [0.2, 0.25) is 5.95 Å². The SMILES string of the molecule is c1ccc(-c2cccc([Si](c3ccccc3)(c3ccccc3)c3cccc4c3C3c5ccccc5C4c4cccc(-c5nc(-c6ccccc6[Si](c6ccccc6)(c6ccccc6)c6ccccc6)nc(-n6c7ccccc7c7ccccc76)n5)c43)c2)cc1. The summed E-state index contributed by atoms with van der Waals surface area (Å²) in [5, 5.41) is 12.7. The minimum Gasteiger partial charge on any atom is -0.278 e. The van der Waals surface area contributed by atoms with E-state index in [-0.39, 0.29) is 11.8 Å². The highest BCUT2D eigenvalue weighted by molar-refractivity contribution is 7.21. The Hall–Kier alpha value is -10.9. The fourth-order valence-corrected chi connectivity index (χ4v) is 25.6. The molecule has 2 unspecified atom stereocenters. The molecule has 2 bridgehead atoms. The quantitative estimate of drug-likeness (QED) is 0.0904. The first-order chi connectivity index (χ1) is 44.2. The summed E-state index contributed by atoms with van der Waals surface area (Å²) >= 11 is 0. The van der Waals surface area contributed by atoms with Gasteiger partial charge in [0.25, 0.3) is 0 Å². The molecule has 418 valence electrons. The Bertz CT molecular complexity index is 4960. The molecule has 0 radical (unpaired) electrons. The number of aromatic nitrogens is 4. The second-order valence-electron chi connectivity index (χ2n) is 23.6. The number of benzene rings is 13. The van der Waals surface area contributed by atoms with Crippen molar-refractivity contribution in [3.05, 3.63) is 373 Å². The maximum Gasteiger partial charge on any atom is 0.238 e. The Labute approximate surface area is 520 Å². The Kier molecular flexibility index (Phi) is 12.7. The molecule has 3 aliphatic rings. The second-order valence-corrected chi connectivity index (χ2v) is 31.1. The summed E-state index contributed by atoms with van der Waals surface area (Å²) in [6.45, 7) is 0. The molecule has 15 aromatic rings. The molecule has 2 aromatic heterocycles. The topological polar surface area (TPSA) is 43.6 Å². The first-order valence-corrected chi connectivity index (χ1v) is 34.8. The van der Waals surface area contributed by atoms with Crippen LogP contribution in [0.25, 0.3) is 61.7 Å². The Balaban J connectivity index is 0.965. The third kappa shape index (κ3) is 8.14. The van der Waals surface area contributed by atoms with Crippen molar-refractivity contribution in [3.8, 4) is 39.9 Å². The van der Waals surface area contributed by atoms with Gasteiger partial charge in [0.15, 0.2) is 27.8 Å². The highest BCUT2D eigenvalue weighted by Gasteiger charge is 2.50. The van der Waals surface area contributed by atoms with Crippen LogP contribution in [0.4, 0.5) is 0 Å². The number of para-hydroxylation sites is 2. The van der Waals surface area contributed by atoms with Crippen LogP contribution >= 0.6 is 0 Å².